The molecule has 20 heavy (non-hydrogen) atoms. The number of hydrogen-bond donors (Lipinski definition) is 1. The van der Waals surface area contributed by atoms with Crippen molar-refractivity contribution in [3.05, 3.63) is 47.2 Å². The highest BCUT2D eigenvalue weighted by Gasteiger charge is 2.32. The highest BCUT2D eigenvalue weighted by atomic mass is 16.5. The summed E-state index contributed by atoms with van der Waals surface area (Å²) >= 11 is 0. The molecule has 1 fully saturated rings. The van der Waals surface area contributed by atoms with E-state index < -0.39 is 5.97 Å². The molecule has 4 nitrogen and oxygen atoms in total. The smallest absolute Gasteiger partial charge is 0.337 e. The van der Waals surface area contributed by atoms with Gasteiger partial charge in [-0.2, -0.15) is 0 Å². The van der Waals surface area contributed by atoms with E-state index in [0.29, 0.717) is 18.1 Å². The van der Waals surface area contributed by atoms with Crippen molar-refractivity contribution in [3.8, 4) is 17.0 Å². The first kappa shape index (κ1) is 11.5. The van der Waals surface area contributed by atoms with E-state index in [4.69, 9.17) is 4.74 Å². The molecule has 4 rings (SSSR count). The first-order chi connectivity index (χ1) is 9.74. The van der Waals surface area contributed by atoms with Crippen LogP contribution in [-0.2, 0) is 6.61 Å². The summed E-state index contributed by atoms with van der Waals surface area (Å²) in [5, 5.41) is 9.36. The Morgan fingerprint density at radius 3 is 2.85 bits per heavy atom. The number of benzene rings is 1. The van der Waals surface area contributed by atoms with E-state index in [1.807, 2.05) is 24.3 Å². The van der Waals surface area contributed by atoms with Gasteiger partial charge in [-0.25, -0.2) is 4.79 Å². The van der Waals surface area contributed by atoms with Gasteiger partial charge in [0.25, 0.3) is 0 Å². The molecule has 1 aliphatic carbocycles. The SMILES string of the molecule is O=C(O)c1cc2c(nc1C1CC1)-c1ccccc1OC2. The van der Waals surface area contributed by atoms with Gasteiger partial charge in [-0.3, -0.25) is 4.98 Å². The molecule has 0 amide bonds. The second-order valence-electron chi connectivity index (χ2n) is 5.29. The number of carboxylic acids is 1. The molecule has 1 N–H and O–H groups in total. The summed E-state index contributed by atoms with van der Waals surface area (Å²) in [6, 6.07) is 9.49. The molecule has 1 saturated carbocycles. The number of ether oxygens (including phenoxy) is 1. The van der Waals surface area contributed by atoms with Crippen molar-refractivity contribution in [2.45, 2.75) is 25.4 Å². The summed E-state index contributed by atoms with van der Waals surface area (Å²) in [5.74, 6) is 0.222. The van der Waals surface area contributed by atoms with Crippen molar-refractivity contribution in [2.24, 2.45) is 0 Å². The van der Waals surface area contributed by atoms with Crippen LogP contribution in [0.2, 0.25) is 0 Å². The Morgan fingerprint density at radius 2 is 2.10 bits per heavy atom. The molecule has 0 unspecified atom stereocenters. The maximum atomic E-state index is 11.4. The first-order valence-electron chi connectivity index (χ1n) is 6.73. The molecule has 0 spiro atoms. The van der Waals surface area contributed by atoms with Gasteiger partial charge >= 0.3 is 5.97 Å². The molecule has 2 heterocycles. The average Bonchev–Trinajstić information content (AvgIpc) is 3.30. The van der Waals surface area contributed by atoms with Crippen molar-refractivity contribution in [1.82, 2.24) is 4.98 Å². The number of hydrogen-bond acceptors (Lipinski definition) is 3. The van der Waals surface area contributed by atoms with Crippen LogP contribution in [0.3, 0.4) is 0 Å². The molecule has 0 radical (unpaired) electrons. The minimum Gasteiger partial charge on any atom is -0.488 e. The predicted octanol–water partition coefficient (Wildman–Crippen LogP) is 3.22. The standard InChI is InChI=1S/C16H13NO3/c18-16(19)12-7-10-8-20-13-4-2-1-3-11(13)15(10)17-14(12)9-5-6-9/h1-4,7,9H,5-6,8H2,(H,18,19). The Morgan fingerprint density at radius 1 is 1.30 bits per heavy atom. The van der Waals surface area contributed by atoms with Crippen LogP contribution in [0.4, 0.5) is 0 Å². The van der Waals surface area contributed by atoms with Gasteiger partial charge in [0.15, 0.2) is 0 Å². The van der Waals surface area contributed by atoms with Gasteiger partial charge < -0.3 is 9.84 Å². The van der Waals surface area contributed by atoms with Gasteiger partial charge in [0.2, 0.25) is 0 Å². The summed E-state index contributed by atoms with van der Waals surface area (Å²) in [5.41, 5.74) is 3.74. The number of carbonyl (C=O) groups is 1. The second kappa shape index (κ2) is 4.07. The lowest BCUT2D eigenvalue weighted by atomic mass is 9.98. The summed E-state index contributed by atoms with van der Waals surface area (Å²) in [4.78, 5) is 16.1. The molecular formula is C16H13NO3. The third kappa shape index (κ3) is 1.68. The van der Waals surface area contributed by atoms with E-state index in [-0.39, 0.29) is 0 Å². The lowest BCUT2D eigenvalue weighted by Gasteiger charge is -2.21. The number of fused-ring (bicyclic) bond motifs is 3. The van der Waals surface area contributed by atoms with Crippen molar-refractivity contribution < 1.29 is 14.6 Å². The molecule has 100 valence electrons. The molecule has 0 bridgehead atoms. The maximum Gasteiger partial charge on any atom is 0.337 e. The van der Waals surface area contributed by atoms with Crippen molar-refractivity contribution in [3.63, 3.8) is 0 Å². The van der Waals surface area contributed by atoms with Crippen molar-refractivity contribution >= 4 is 5.97 Å². The molecule has 1 aromatic heterocycles. The summed E-state index contributed by atoms with van der Waals surface area (Å²) in [6.07, 6.45) is 2.06. The number of aromatic carboxylic acids is 1. The fourth-order valence-corrected chi connectivity index (χ4v) is 2.70. The molecule has 4 heteroatoms. The predicted molar refractivity (Wildman–Crippen MR) is 72.9 cm³/mol. The minimum atomic E-state index is -0.902. The van der Waals surface area contributed by atoms with Gasteiger partial charge in [0.05, 0.1) is 17.0 Å². The van der Waals surface area contributed by atoms with Crippen LogP contribution < -0.4 is 4.74 Å². The number of nitrogens with zero attached hydrogens (tertiary/aromatic N) is 1. The zero-order chi connectivity index (χ0) is 13.7. The van der Waals surface area contributed by atoms with Gasteiger partial charge in [0.1, 0.15) is 12.4 Å². The minimum absolute atomic E-state index is 0.307. The maximum absolute atomic E-state index is 11.4. The Hall–Kier alpha value is -2.36. The summed E-state index contributed by atoms with van der Waals surface area (Å²) < 4.78 is 5.67. The molecule has 2 aromatic rings. The molecule has 2 aliphatic rings. The Bertz CT molecular complexity index is 720. The third-order valence-electron chi connectivity index (χ3n) is 3.85. The van der Waals surface area contributed by atoms with E-state index in [1.54, 1.807) is 6.07 Å². The van der Waals surface area contributed by atoms with Crippen molar-refractivity contribution in [2.75, 3.05) is 0 Å². The number of carboxylic acid groups (broad SMARTS) is 1. The number of pyridine rings is 1. The van der Waals surface area contributed by atoms with Crippen LogP contribution in [0.25, 0.3) is 11.3 Å². The lowest BCUT2D eigenvalue weighted by Crippen LogP contribution is -2.12. The highest BCUT2D eigenvalue weighted by Crippen LogP contribution is 2.44. The van der Waals surface area contributed by atoms with Gasteiger partial charge in [-0.1, -0.05) is 12.1 Å². The van der Waals surface area contributed by atoms with Gasteiger partial charge in [-0.05, 0) is 31.0 Å². The lowest BCUT2D eigenvalue weighted by molar-refractivity contribution is 0.0695. The fraction of sp³-hybridized carbons (Fsp3) is 0.250. The van der Waals surface area contributed by atoms with Crippen LogP contribution in [0.5, 0.6) is 5.75 Å². The van der Waals surface area contributed by atoms with E-state index >= 15 is 0 Å². The monoisotopic (exact) mass is 267 g/mol. The van der Waals surface area contributed by atoms with E-state index in [9.17, 15) is 9.90 Å². The number of aromatic nitrogens is 1. The fourth-order valence-electron chi connectivity index (χ4n) is 2.70. The summed E-state index contributed by atoms with van der Waals surface area (Å²) in [7, 11) is 0. The van der Waals surface area contributed by atoms with Crippen LogP contribution >= 0.6 is 0 Å². The topological polar surface area (TPSA) is 59.4 Å². The normalized spacial score (nSPS) is 16.0. The third-order valence-corrected chi connectivity index (χ3v) is 3.85. The number of para-hydroxylation sites is 1. The molecule has 0 atom stereocenters. The van der Waals surface area contributed by atoms with E-state index in [2.05, 4.69) is 4.98 Å². The average molecular weight is 267 g/mol. The van der Waals surface area contributed by atoms with Crippen LogP contribution in [0, 0.1) is 0 Å². The zero-order valence-electron chi connectivity index (χ0n) is 10.8. The van der Waals surface area contributed by atoms with E-state index in [0.717, 1.165) is 41.1 Å². The Labute approximate surface area is 116 Å². The molecular weight excluding hydrogens is 254 g/mol. The quantitative estimate of drug-likeness (QED) is 0.907. The largest absolute Gasteiger partial charge is 0.488 e. The number of rotatable bonds is 2. The molecule has 1 aromatic carbocycles. The Balaban J connectivity index is 1.95. The van der Waals surface area contributed by atoms with Gasteiger partial charge in [0, 0.05) is 17.0 Å². The zero-order valence-corrected chi connectivity index (χ0v) is 10.8. The van der Waals surface area contributed by atoms with Crippen LogP contribution in [0.15, 0.2) is 30.3 Å². The molecule has 0 saturated heterocycles. The van der Waals surface area contributed by atoms with Crippen molar-refractivity contribution in [1.29, 1.82) is 0 Å². The van der Waals surface area contributed by atoms with Gasteiger partial charge in [-0.15, -0.1) is 0 Å². The second-order valence-corrected chi connectivity index (χ2v) is 5.29. The van der Waals surface area contributed by atoms with Crippen LogP contribution in [0.1, 0.15) is 40.4 Å². The Kier molecular flexibility index (Phi) is 2.33. The van der Waals surface area contributed by atoms with Crippen LogP contribution in [-0.4, -0.2) is 16.1 Å². The highest BCUT2D eigenvalue weighted by molar-refractivity contribution is 5.90. The van der Waals surface area contributed by atoms with E-state index in [1.165, 1.54) is 0 Å². The summed E-state index contributed by atoms with van der Waals surface area (Å²) in [6.45, 7) is 0.380. The molecule has 1 aliphatic heterocycles. The first-order valence-corrected chi connectivity index (χ1v) is 6.73.